The van der Waals surface area contributed by atoms with Crippen molar-refractivity contribution in [3.8, 4) is 5.75 Å². The Bertz CT molecular complexity index is 676. The van der Waals surface area contributed by atoms with Gasteiger partial charge in [-0.15, -0.1) is 0 Å². The van der Waals surface area contributed by atoms with Gasteiger partial charge in [0.1, 0.15) is 5.75 Å². The molecule has 0 aromatic heterocycles. The van der Waals surface area contributed by atoms with Crippen LogP contribution in [-0.4, -0.2) is 74.3 Å². The summed E-state index contributed by atoms with van der Waals surface area (Å²) in [6, 6.07) is 4.94. The van der Waals surface area contributed by atoms with Gasteiger partial charge in [0.2, 0.25) is 0 Å². The number of hydrogen-bond donors (Lipinski definition) is 2. The molecule has 27 heavy (non-hydrogen) atoms. The van der Waals surface area contributed by atoms with Gasteiger partial charge < -0.3 is 25.4 Å². The standard InChI is InChI=1S/C19H28N4O4/c1-26-17-6-5-14(12-16(17)18(20)24)21-19(25)23-7-3-2-4-15(23)13-22-8-10-27-11-9-22/h5-6,12,15H,2-4,7-11,13H2,1H3,(H2,20,24)(H,21,25)/t15-/m0/s1. The summed E-state index contributed by atoms with van der Waals surface area (Å²) in [5, 5.41) is 2.91. The molecule has 1 aromatic rings. The van der Waals surface area contributed by atoms with E-state index in [0.717, 1.165) is 58.7 Å². The smallest absolute Gasteiger partial charge is 0.322 e. The molecule has 148 valence electrons. The summed E-state index contributed by atoms with van der Waals surface area (Å²) in [5.74, 6) is -0.199. The molecule has 2 aliphatic rings. The highest BCUT2D eigenvalue weighted by molar-refractivity contribution is 5.98. The molecule has 3 N–H and O–H groups in total. The summed E-state index contributed by atoms with van der Waals surface area (Å²) >= 11 is 0. The van der Waals surface area contributed by atoms with Crippen LogP contribution in [0, 0.1) is 0 Å². The highest BCUT2D eigenvalue weighted by atomic mass is 16.5. The predicted molar refractivity (Wildman–Crippen MR) is 102 cm³/mol. The Morgan fingerprint density at radius 2 is 2.04 bits per heavy atom. The van der Waals surface area contributed by atoms with E-state index in [9.17, 15) is 9.59 Å². The zero-order chi connectivity index (χ0) is 19.2. The first-order chi connectivity index (χ1) is 13.1. The molecule has 1 atom stereocenters. The van der Waals surface area contributed by atoms with Gasteiger partial charge in [-0.3, -0.25) is 9.69 Å². The number of methoxy groups -OCH3 is 1. The minimum absolute atomic E-state index is 0.145. The van der Waals surface area contributed by atoms with Gasteiger partial charge in [-0.2, -0.15) is 0 Å². The van der Waals surface area contributed by atoms with E-state index >= 15 is 0 Å². The molecular weight excluding hydrogens is 348 g/mol. The lowest BCUT2D eigenvalue weighted by atomic mass is 10.0. The van der Waals surface area contributed by atoms with Crippen molar-refractivity contribution in [2.24, 2.45) is 5.73 Å². The monoisotopic (exact) mass is 376 g/mol. The van der Waals surface area contributed by atoms with Crippen LogP contribution in [0.25, 0.3) is 0 Å². The maximum Gasteiger partial charge on any atom is 0.322 e. The second kappa shape index (κ2) is 9.05. The van der Waals surface area contributed by atoms with Crippen LogP contribution in [0.5, 0.6) is 5.75 Å². The average Bonchev–Trinajstić information content (AvgIpc) is 2.69. The molecule has 3 rings (SSSR count). The third-order valence-electron chi connectivity index (χ3n) is 5.18. The largest absolute Gasteiger partial charge is 0.496 e. The molecule has 0 bridgehead atoms. The number of morpholine rings is 1. The van der Waals surface area contributed by atoms with Gasteiger partial charge in [0.25, 0.3) is 5.91 Å². The highest BCUT2D eigenvalue weighted by Gasteiger charge is 2.29. The number of urea groups is 1. The number of primary amides is 1. The van der Waals surface area contributed by atoms with E-state index in [1.807, 2.05) is 4.90 Å². The van der Waals surface area contributed by atoms with Crippen molar-refractivity contribution in [1.29, 1.82) is 0 Å². The lowest BCUT2D eigenvalue weighted by Crippen LogP contribution is -2.52. The first-order valence-corrected chi connectivity index (χ1v) is 9.44. The number of nitrogens with one attached hydrogen (secondary N) is 1. The molecule has 0 unspecified atom stereocenters. The molecule has 2 fully saturated rings. The Kier molecular flexibility index (Phi) is 6.52. The van der Waals surface area contributed by atoms with Gasteiger partial charge in [-0.1, -0.05) is 0 Å². The van der Waals surface area contributed by atoms with E-state index < -0.39 is 5.91 Å². The predicted octanol–water partition coefficient (Wildman–Crippen LogP) is 1.51. The van der Waals surface area contributed by atoms with E-state index in [0.29, 0.717) is 11.4 Å². The summed E-state index contributed by atoms with van der Waals surface area (Å²) in [6.45, 7) is 4.92. The van der Waals surface area contributed by atoms with Gasteiger partial charge in [0.05, 0.1) is 25.9 Å². The van der Waals surface area contributed by atoms with Crippen molar-refractivity contribution in [1.82, 2.24) is 9.80 Å². The van der Waals surface area contributed by atoms with E-state index in [1.54, 1.807) is 18.2 Å². The Hall–Kier alpha value is -2.32. The topological polar surface area (TPSA) is 97.1 Å². The Morgan fingerprint density at radius 1 is 1.26 bits per heavy atom. The Morgan fingerprint density at radius 3 is 2.74 bits per heavy atom. The summed E-state index contributed by atoms with van der Waals surface area (Å²) < 4.78 is 10.6. The number of anilines is 1. The first-order valence-electron chi connectivity index (χ1n) is 9.44. The highest BCUT2D eigenvalue weighted by Crippen LogP contribution is 2.24. The van der Waals surface area contributed by atoms with Crippen LogP contribution in [0.15, 0.2) is 18.2 Å². The second-order valence-corrected chi connectivity index (χ2v) is 6.97. The number of carbonyl (C=O) groups excluding carboxylic acids is 2. The van der Waals surface area contributed by atoms with Gasteiger partial charge in [-0.25, -0.2) is 4.79 Å². The van der Waals surface area contributed by atoms with Crippen molar-refractivity contribution >= 4 is 17.6 Å². The van der Waals surface area contributed by atoms with Crippen LogP contribution in [0.1, 0.15) is 29.6 Å². The third-order valence-corrected chi connectivity index (χ3v) is 5.18. The summed E-state index contributed by atoms with van der Waals surface area (Å²) in [7, 11) is 1.48. The molecule has 0 aliphatic carbocycles. The van der Waals surface area contributed by atoms with Crippen LogP contribution >= 0.6 is 0 Å². The maximum absolute atomic E-state index is 12.9. The minimum Gasteiger partial charge on any atom is -0.496 e. The Balaban J connectivity index is 1.67. The SMILES string of the molecule is COc1ccc(NC(=O)N2CCCC[C@H]2CN2CCOCC2)cc1C(N)=O. The maximum atomic E-state index is 12.9. The van der Waals surface area contributed by atoms with Crippen molar-refractivity contribution in [3.05, 3.63) is 23.8 Å². The molecule has 2 saturated heterocycles. The molecule has 0 saturated carbocycles. The van der Waals surface area contributed by atoms with Gasteiger partial charge in [0, 0.05) is 37.9 Å². The molecule has 0 spiro atoms. The van der Waals surface area contributed by atoms with E-state index in [4.69, 9.17) is 15.2 Å². The van der Waals surface area contributed by atoms with Crippen molar-refractivity contribution in [3.63, 3.8) is 0 Å². The molecular formula is C19H28N4O4. The lowest BCUT2D eigenvalue weighted by molar-refractivity contribution is 0.0229. The fourth-order valence-electron chi connectivity index (χ4n) is 3.71. The van der Waals surface area contributed by atoms with Crippen molar-refractivity contribution in [2.75, 3.05) is 51.8 Å². The van der Waals surface area contributed by atoms with E-state index in [2.05, 4.69) is 10.2 Å². The van der Waals surface area contributed by atoms with Crippen LogP contribution in [0.4, 0.5) is 10.5 Å². The molecule has 8 heteroatoms. The van der Waals surface area contributed by atoms with Gasteiger partial charge in [-0.05, 0) is 37.5 Å². The van der Waals surface area contributed by atoms with E-state index in [-0.39, 0.29) is 17.6 Å². The first kappa shape index (κ1) is 19.4. The van der Waals surface area contributed by atoms with Crippen molar-refractivity contribution < 1.29 is 19.1 Å². The molecule has 8 nitrogen and oxygen atoms in total. The van der Waals surface area contributed by atoms with Gasteiger partial charge in [0.15, 0.2) is 0 Å². The minimum atomic E-state index is -0.592. The summed E-state index contributed by atoms with van der Waals surface area (Å²) in [6.07, 6.45) is 3.13. The number of likely N-dealkylation sites (tertiary alicyclic amines) is 1. The quantitative estimate of drug-likeness (QED) is 0.812. The number of benzene rings is 1. The van der Waals surface area contributed by atoms with Crippen LogP contribution in [0.3, 0.4) is 0 Å². The zero-order valence-corrected chi connectivity index (χ0v) is 15.8. The molecule has 2 heterocycles. The fourth-order valence-corrected chi connectivity index (χ4v) is 3.71. The normalized spacial score (nSPS) is 20.9. The number of nitrogens with zero attached hydrogens (tertiary/aromatic N) is 2. The third kappa shape index (κ3) is 4.90. The Labute approximate surface area is 159 Å². The van der Waals surface area contributed by atoms with E-state index in [1.165, 1.54) is 7.11 Å². The zero-order valence-electron chi connectivity index (χ0n) is 15.8. The van der Waals surface area contributed by atoms with Crippen LogP contribution in [-0.2, 0) is 4.74 Å². The van der Waals surface area contributed by atoms with Crippen LogP contribution in [0.2, 0.25) is 0 Å². The molecule has 0 radical (unpaired) electrons. The number of piperidine rings is 1. The number of rotatable bonds is 5. The average molecular weight is 376 g/mol. The summed E-state index contributed by atoms with van der Waals surface area (Å²) in [5.41, 5.74) is 6.18. The molecule has 2 aliphatic heterocycles. The summed E-state index contributed by atoms with van der Waals surface area (Å²) in [4.78, 5) is 28.7. The second-order valence-electron chi connectivity index (χ2n) is 6.97. The lowest BCUT2D eigenvalue weighted by Gasteiger charge is -2.39. The molecule has 3 amide bonds. The number of ether oxygens (including phenoxy) is 2. The molecule has 1 aromatic carbocycles. The number of nitrogens with two attached hydrogens (primary N) is 1. The van der Waals surface area contributed by atoms with Crippen molar-refractivity contribution in [2.45, 2.75) is 25.3 Å². The van der Waals surface area contributed by atoms with Crippen LogP contribution < -0.4 is 15.8 Å². The number of hydrogen-bond acceptors (Lipinski definition) is 5. The van der Waals surface area contributed by atoms with Gasteiger partial charge >= 0.3 is 6.03 Å². The fraction of sp³-hybridized carbons (Fsp3) is 0.579. The number of amides is 3. The number of carbonyl (C=O) groups is 2.